The number of nitrogens with one attached hydrogen (secondary N) is 2. The van der Waals surface area contributed by atoms with Gasteiger partial charge < -0.3 is 10.6 Å². The van der Waals surface area contributed by atoms with Crippen molar-refractivity contribution in [2.24, 2.45) is 0 Å². The molecule has 2 amide bonds. The summed E-state index contributed by atoms with van der Waals surface area (Å²) >= 11 is 1.88. The minimum atomic E-state index is -0.311. The first-order chi connectivity index (χ1) is 7.63. The Kier molecular flexibility index (Phi) is 5.66. The third-order valence-electron chi connectivity index (χ3n) is 2.60. The molecule has 1 aliphatic rings. The van der Waals surface area contributed by atoms with Crippen LogP contribution in [0.3, 0.4) is 0 Å². The molecule has 0 aromatic carbocycles. The number of carbonyl (C=O) groups excluding carboxylic acids is 2. The van der Waals surface area contributed by atoms with Crippen LogP contribution in [0.25, 0.3) is 0 Å². The van der Waals surface area contributed by atoms with Crippen LogP contribution in [-0.4, -0.2) is 35.4 Å². The van der Waals surface area contributed by atoms with E-state index in [1.807, 2.05) is 18.7 Å². The summed E-state index contributed by atoms with van der Waals surface area (Å²) in [5.74, 6) is 2.11. The fraction of sp³-hybridized carbons (Fsp3) is 0.818. The highest BCUT2D eigenvalue weighted by atomic mass is 32.2. The zero-order valence-corrected chi connectivity index (χ0v) is 10.7. The molecule has 1 rings (SSSR count). The Morgan fingerprint density at radius 1 is 1.69 bits per heavy atom. The summed E-state index contributed by atoms with van der Waals surface area (Å²) in [5.41, 5.74) is 0. The van der Waals surface area contributed by atoms with Crippen LogP contribution < -0.4 is 10.6 Å². The van der Waals surface area contributed by atoms with Crippen LogP contribution in [0, 0.1) is 0 Å². The monoisotopic (exact) mass is 244 g/mol. The van der Waals surface area contributed by atoms with E-state index in [9.17, 15) is 9.59 Å². The van der Waals surface area contributed by atoms with Gasteiger partial charge in [0.05, 0.1) is 0 Å². The van der Waals surface area contributed by atoms with E-state index in [0.717, 1.165) is 17.9 Å². The molecule has 4 nitrogen and oxygen atoms in total. The first-order valence-electron chi connectivity index (χ1n) is 5.81. The number of amides is 2. The molecule has 1 heterocycles. The third-order valence-corrected chi connectivity index (χ3v) is 3.53. The molecule has 2 atom stereocenters. The molecule has 0 unspecified atom stereocenters. The highest BCUT2D eigenvalue weighted by Crippen LogP contribution is 2.08. The van der Waals surface area contributed by atoms with Gasteiger partial charge in [-0.3, -0.25) is 9.59 Å². The molecule has 16 heavy (non-hydrogen) atoms. The third kappa shape index (κ3) is 4.43. The Morgan fingerprint density at radius 2 is 2.44 bits per heavy atom. The lowest BCUT2D eigenvalue weighted by Gasteiger charge is -2.16. The van der Waals surface area contributed by atoms with Gasteiger partial charge in [-0.15, -0.1) is 0 Å². The summed E-state index contributed by atoms with van der Waals surface area (Å²) < 4.78 is 0. The van der Waals surface area contributed by atoms with Crippen molar-refractivity contribution in [1.29, 1.82) is 0 Å². The van der Waals surface area contributed by atoms with Gasteiger partial charge >= 0.3 is 0 Å². The molecule has 0 radical (unpaired) electrons. The van der Waals surface area contributed by atoms with Gasteiger partial charge in [0.2, 0.25) is 11.8 Å². The molecule has 0 spiro atoms. The maximum Gasteiger partial charge on any atom is 0.242 e. The van der Waals surface area contributed by atoms with Crippen LogP contribution in [0.1, 0.15) is 33.1 Å². The fourth-order valence-electron chi connectivity index (χ4n) is 1.63. The van der Waals surface area contributed by atoms with Crippen LogP contribution in [0.15, 0.2) is 0 Å². The average Bonchev–Trinajstić information content (AvgIpc) is 2.65. The summed E-state index contributed by atoms with van der Waals surface area (Å²) in [4.78, 5) is 22.7. The van der Waals surface area contributed by atoms with Crippen LogP contribution in [0.5, 0.6) is 0 Å². The van der Waals surface area contributed by atoms with E-state index < -0.39 is 0 Å². The van der Waals surface area contributed by atoms with Crippen molar-refractivity contribution in [2.75, 3.05) is 11.5 Å². The summed E-state index contributed by atoms with van der Waals surface area (Å²) in [6, 6.07) is -0.127. The summed E-state index contributed by atoms with van der Waals surface area (Å²) in [6.45, 7) is 4.13. The molecule has 2 N–H and O–H groups in total. The van der Waals surface area contributed by atoms with Gasteiger partial charge in [0.25, 0.3) is 0 Å². The minimum absolute atomic E-state index is 0.0191. The molecule has 0 aromatic heterocycles. The van der Waals surface area contributed by atoms with Crippen LogP contribution in [0.2, 0.25) is 0 Å². The minimum Gasteiger partial charge on any atom is -0.352 e. The SMILES string of the molecule is CCSCC[C@H](C)NC(=O)[C@@H]1CCC(=O)N1. The number of hydrogen-bond acceptors (Lipinski definition) is 3. The normalized spacial score (nSPS) is 21.6. The van der Waals surface area contributed by atoms with E-state index in [0.29, 0.717) is 12.8 Å². The van der Waals surface area contributed by atoms with Crippen LogP contribution in [0.4, 0.5) is 0 Å². The second-order valence-corrected chi connectivity index (χ2v) is 5.45. The van der Waals surface area contributed by atoms with E-state index in [1.54, 1.807) is 0 Å². The Balaban J connectivity index is 2.20. The van der Waals surface area contributed by atoms with Crippen molar-refractivity contribution in [3.63, 3.8) is 0 Å². The van der Waals surface area contributed by atoms with Gasteiger partial charge in [-0.05, 0) is 31.3 Å². The van der Waals surface area contributed by atoms with E-state index in [-0.39, 0.29) is 23.9 Å². The van der Waals surface area contributed by atoms with Crippen molar-refractivity contribution in [1.82, 2.24) is 10.6 Å². The molecule has 0 saturated carbocycles. The Bertz CT molecular complexity index is 258. The predicted molar refractivity (Wildman–Crippen MR) is 66.4 cm³/mol. The number of hydrogen-bond donors (Lipinski definition) is 2. The standard InChI is InChI=1S/C11H20N2O2S/c1-3-16-7-6-8(2)12-11(15)9-4-5-10(14)13-9/h8-9H,3-7H2,1-2H3,(H,12,15)(H,13,14)/t8-,9-/m0/s1. The lowest BCUT2D eigenvalue weighted by Crippen LogP contribution is -2.45. The number of carbonyl (C=O) groups is 2. The molecule has 1 saturated heterocycles. The first-order valence-corrected chi connectivity index (χ1v) is 6.96. The van der Waals surface area contributed by atoms with Crippen molar-refractivity contribution in [3.8, 4) is 0 Å². The smallest absolute Gasteiger partial charge is 0.242 e. The average molecular weight is 244 g/mol. The summed E-state index contributed by atoms with van der Waals surface area (Å²) in [5, 5.41) is 5.60. The second kappa shape index (κ2) is 6.78. The van der Waals surface area contributed by atoms with Crippen molar-refractivity contribution in [2.45, 2.75) is 45.2 Å². The Morgan fingerprint density at radius 3 is 3.00 bits per heavy atom. The maximum absolute atomic E-state index is 11.7. The molecule has 0 aromatic rings. The summed E-state index contributed by atoms with van der Waals surface area (Å²) in [7, 11) is 0. The largest absolute Gasteiger partial charge is 0.352 e. The zero-order valence-electron chi connectivity index (χ0n) is 9.91. The van der Waals surface area contributed by atoms with Crippen LogP contribution in [-0.2, 0) is 9.59 Å². The second-order valence-electron chi connectivity index (χ2n) is 4.05. The van der Waals surface area contributed by atoms with Gasteiger partial charge in [-0.1, -0.05) is 6.92 Å². The molecule has 0 bridgehead atoms. The Hall–Kier alpha value is -0.710. The van der Waals surface area contributed by atoms with E-state index in [2.05, 4.69) is 17.6 Å². The molecule has 5 heteroatoms. The van der Waals surface area contributed by atoms with Gasteiger partial charge in [0, 0.05) is 12.5 Å². The lowest BCUT2D eigenvalue weighted by molar-refractivity contribution is -0.126. The fourth-order valence-corrected chi connectivity index (χ4v) is 2.44. The van der Waals surface area contributed by atoms with Gasteiger partial charge in [0.1, 0.15) is 6.04 Å². The Labute approximate surface area is 101 Å². The lowest BCUT2D eigenvalue weighted by atomic mass is 10.2. The van der Waals surface area contributed by atoms with Crippen molar-refractivity contribution >= 4 is 23.6 Å². The predicted octanol–water partition coefficient (Wildman–Crippen LogP) is 0.913. The number of rotatable bonds is 6. The van der Waals surface area contributed by atoms with Crippen molar-refractivity contribution < 1.29 is 9.59 Å². The van der Waals surface area contributed by atoms with E-state index in [1.165, 1.54) is 0 Å². The topological polar surface area (TPSA) is 58.2 Å². The van der Waals surface area contributed by atoms with Gasteiger partial charge in [-0.25, -0.2) is 0 Å². The van der Waals surface area contributed by atoms with E-state index >= 15 is 0 Å². The van der Waals surface area contributed by atoms with E-state index in [4.69, 9.17) is 0 Å². The molecule has 1 aliphatic heterocycles. The quantitative estimate of drug-likeness (QED) is 0.683. The van der Waals surface area contributed by atoms with Crippen molar-refractivity contribution in [3.05, 3.63) is 0 Å². The maximum atomic E-state index is 11.7. The van der Waals surface area contributed by atoms with Gasteiger partial charge in [0.15, 0.2) is 0 Å². The highest BCUT2D eigenvalue weighted by Gasteiger charge is 2.27. The highest BCUT2D eigenvalue weighted by molar-refractivity contribution is 7.99. The molecule has 92 valence electrons. The summed E-state index contributed by atoms with van der Waals surface area (Å²) in [6.07, 6.45) is 2.07. The molecule has 0 aliphatic carbocycles. The number of thioether (sulfide) groups is 1. The van der Waals surface area contributed by atoms with Crippen LogP contribution >= 0.6 is 11.8 Å². The molecule has 1 fully saturated rings. The van der Waals surface area contributed by atoms with Gasteiger partial charge in [-0.2, -0.15) is 11.8 Å². The molecular formula is C11H20N2O2S. The molecular weight excluding hydrogens is 224 g/mol. The first kappa shape index (κ1) is 13.4. The zero-order chi connectivity index (χ0) is 12.0.